The van der Waals surface area contributed by atoms with Crippen molar-refractivity contribution in [3.8, 4) is 0 Å². The van der Waals surface area contributed by atoms with E-state index in [2.05, 4.69) is 15.0 Å². The van der Waals surface area contributed by atoms with E-state index in [-0.39, 0.29) is 11.1 Å². The van der Waals surface area contributed by atoms with Gasteiger partial charge in [0, 0.05) is 18.7 Å². The lowest BCUT2D eigenvalue weighted by Crippen LogP contribution is -2.33. The van der Waals surface area contributed by atoms with E-state index in [9.17, 15) is 8.42 Å². The van der Waals surface area contributed by atoms with Crippen molar-refractivity contribution in [1.82, 2.24) is 19.3 Å². The number of aromatic nitrogens is 3. The average molecular weight is 306 g/mol. The summed E-state index contributed by atoms with van der Waals surface area (Å²) in [6.45, 7) is 2.23. The van der Waals surface area contributed by atoms with E-state index in [1.54, 1.807) is 6.20 Å². The highest BCUT2D eigenvalue weighted by atomic mass is 32.2. The Bertz CT molecular complexity index is 708. The quantitative estimate of drug-likeness (QED) is 0.881. The van der Waals surface area contributed by atoms with Crippen molar-refractivity contribution in [1.29, 1.82) is 0 Å². The predicted molar refractivity (Wildman–Crippen MR) is 78.0 cm³/mol. The molecular formula is C14H18N4O2S. The van der Waals surface area contributed by atoms with Crippen LogP contribution < -0.4 is 0 Å². The maximum Gasteiger partial charge on any atom is 0.260 e. The number of imidazole rings is 1. The normalized spacial score (nSPS) is 15.5. The number of nitrogens with zero attached hydrogens (tertiary/aromatic N) is 3. The van der Waals surface area contributed by atoms with Crippen molar-refractivity contribution in [3.05, 3.63) is 42.1 Å². The Kier molecular flexibility index (Phi) is 3.77. The number of pyridine rings is 1. The van der Waals surface area contributed by atoms with E-state index < -0.39 is 10.0 Å². The Hall–Kier alpha value is -1.73. The van der Waals surface area contributed by atoms with Gasteiger partial charge in [0.2, 0.25) is 0 Å². The molecule has 2 heterocycles. The van der Waals surface area contributed by atoms with Gasteiger partial charge in [-0.1, -0.05) is 13.0 Å². The second-order valence-electron chi connectivity index (χ2n) is 5.15. The SMILES string of the molecule is CCc1ncc(S(=O)(=O)N(Cc2ccccn2)C2CC2)[nH]1. The van der Waals surface area contributed by atoms with E-state index in [0.29, 0.717) is 18.8 Å². The third-order valence-electron chi connectivity index (χ3n) is 3.52. The first-order valence-electron chi connectivity index (χ1n) is 7.07. The van der Waals surface area contributed by atoms with E-state index in [1.807, 2.05) is 25.1 Å². The molecule has 0 saturated heterocycles. The first-order chi connectivity index (χ1) is 10.1. The van der Waals surface area contributed by atoms with Crippen molar-refractivity contribution < 1.29 is 8.42 Å². The molecule has 2 aromatic rings. The third kappa shape index (κ3) is 2.98. The van der Waals surface area contributed by atoms with Crippen molar-refractivity contribution >= 4 is 10.0 Å². The van der Waals surface area contributed by atoms with Crippen molar-refractivity contribution in [2.45, 2.75) is 43.8 Å². The smallest absolute Gasteiger partial charge is 0.260 e. The summed E-state index contributed by atoms with van der Waals surface area (Å²) in [4.78, 5) is 11.2. The fourth-order valence-electron chi connectivity index (χ4n) is 2.20. The summed E-state index contributed by atoms with van der Waals surface area (Å²) < 4.78 is 27.1. The summed E-state index contributed by atoms with van der Waals surface area (Å²) in [6, 6.07) is 5.60. The van der Waals surface area contributed by atoms with Gasteiger partial charge >= 0.3 is 0 Å². The molecule has 3 rings (SSSR count). The number of aromatic amines is 1. The number of H-pyrrole nitrogens is 1. The zero-order chi connectivity index (χ0) is 14.9. The molecular weight excluding hydrogens is 288 g/mol. The molecule has 0 spiro atoms. The van der Waals surface area contributed by atoms with Gasteiger partial charge in [0.05, 0.1) is 18.4 Å². The largest absolute Gasteiger partial charge is 0.332 e. The second-order valence-corrected chi connectivity index (χ2v) is 7.01. The van der Waals surface area contributed by atoms with Crippen LogP contribution in [0.15, 0.2) is 35.6 Å². The molecule has 0 aliphatic heterocycles. The number of aryl methyl sites for hydroxylation is 1. The van der Waals surface area contributed by atoms with Crippen molar-refractivity contribution in [3.63, 3.8) is 0 Å². The lowest BCUT2D eigenvalue weighted by Gasteiger charge is -2.20. The van der Waals surface area contributed by atoms with Gasteiger partial charge in [-0.25, -0.2) is 13.4 Å². The molecule has 1 saturated carbocycles. The Labute approximate surface area is 124 Å². The Balaban J connectivity index is 1.89. The van der Waals surface area contributed by atoms with Gasteiger partial charge in [-0.05, 0) is 25.0 Å². The molecule has 0 aromatic carbocycles. The monoisotopic (exact) mass is 306 g/mol. The van der Waals surface area contributed by atoms with Gasteiger partial charge in [0.1, 0.15) is 5.82 Å². The van der Waals surface area contributed by atoms with Crippen LogP contribution in [0.1, 0.15) is 31.3 Å². The minimum absolute atomic E-state index is 0.0744. The maximum atomic E-state index is 12.8. The average Bonchev–Trinajstić information content (AvgIpc) is 3.20. The lowest BCUT2D eigenvalue weighted by atomic mass is 10.3. The molecule has 21 heavy (non-hydrogen) atoms. The highest BCUT2D eigenvalue weighted by Crippen LogP contribution is 2.32. The molecule has 0 bridgehead atoms. The Morgan fingerprint density at radius 1 is 1.33 bits per heavy atom. The molecule has 1 fully saturated rings. The maximum absolute atomic E-state index is 12.8. The second kappa shape index (κ2) is 5.57. The number of rotatable bonds is 6. The summed E-state index contributed by atoms with van der Waals surface area (Å²) in [5, 5.41) is 0.169. The van der Waals surface area contributed by atoms with E-state index in [4.69, 9.17) is 0 Å². The van der Waals surface area contributed by atoms with Crippen LogP contribution in [0.5, 0.6) is 0 Å². The molecule has 0 unspecified atom stereocenters. The Morgan fingerprint density at radius 3 is 2.71 bits per heavy atom. The molecule has 112 valence electrons. The van der Waals surface area contributed by atoms with Crippen LogP contribution in [0.2, 0.25) is 0 Å². The van der Waals surface area contributed by atoms with Gasteiger partial charge in [-0.3, -0.25) is 4.98 Å². The van der Waals surface area contributed by atoms with Gasteiger partial charge in [0.25, 0.3) is 10.0 Å². The summed E-state index contributed by atoms with van der Waals surface area (Å²) in [5.74, 6) is 0.683. The van der Waals surface area contributed by atoms with Crippen molar-refractivity contribution in [2.24, 2.45) is 0 Å². The van der Waals surface area contributed by atoms with Gasteiger partial charge < -0.3 is 4.98 Å². The number of hydrogen-bond acceptors (Lipinski definition) is 4. The highest BCUT2D eigenvalue weighted by Gasteiger charge is 2.39. The molecule has 1 aliphatic rings. The van der Waals surface area contributed by atoms with Crippen LogP contribution in [0.4, 0.5) is 0 Å². The molecule has 1 N–H and O–H groups in total. The molecule has 1 aliphatic carbocycles. The summed E-state index contributed by atoms with van der Waals surface area (Å²) >= 11 is 0. The molecule has 0 atom stereocenters. The summed E-state index contributed by atoms with van der Waals surface area (Å²) in [6.07, 6.45) is 5.57. The van der Waals surface area contributed by atoms with Gasteiger partial charge in [-0.15, -0.1) is 0 Å². The molecule has 0 amide bonds. The highest BCUT2D eigenvalue weighted by molar-refractivity contribution is 7.89. The van der Waals surface area contributed by atoms with E-state index >= 15 is 0 Å². The van der Waals surface area contributed by atoms with Crippen molar-refractivity contribution in [2.75, 3.05) is 0 Å². The fourth-order valence-corrected chi connectivity index (χ4v) is 3.80. The first kappa shape index (κ1) is 14.2. The zero-order valence-electron chi connectivity index (χ0n) is 11.9. The minimum atomic E-state index is -3.55. The summed E-state index contributed by atoms with van der Waals surface area (Å²) in [7, 11) is -3.55. The van der Waals surface area contributed by atoms with E-state index in [0.717, 1.165) is 18.5 Å². The summed E-state index contributed by atoms with van der Waals surface area (Å²) in [5.41, 5.74) is 0.753. The number of hydrogen-bond donors (Lipinski definition) is 1. The predicted octanol–water partition coefficient (Wildman–Crippen LogP) is 1.72. The first-order valence-corrected chi connectivity index (χ1v) is 8.51. The molecule has 7 heteroatoms. The van der Waals surface area contributed by atoms with E-state index in [1.165, 1.54) is 10.5 Å². The van der Waals surface area contributed by atoms with Crippen LogP contribution in [0.25, 0.3) is 0 Å². The zero-order valence-corrected chi connectivity index (χ0v) is 12.7. The van der Waals surface area contributed by atoms with Crippen LogP contribution >= 0.6 is 0 Å². The molecule has 6 nitrogen and oxygen atoms in total. The topological polar surface area (TPSA) is 79.0 Å². The minimum Gasteiger partial charge on any atom is -0.332 e. The molecule has 2 aromatic heterocycles. The lowest BCUT2D eigenvalue weighted by molar-refractivity contribution is 0.393. The molecule has 0 radical (unpaired) electrons. The Morgan fingerprint density at radius 2 is 2.14 bits per heavy atom. The van der Waals surface area contributed by atoms with Crippen LogP contribution in [0.3, 0.4) is 0 Å². The van der Waals surface area contributed by atoms with Gasteiger partial charge in [0.15, 0.2) is 5.03 Å². The van der Waals surface area contributed by atoms with Crippen LogP contribution in [-0.2, 0) is 23.0 Å². The third-order valence-corrected chi connectivity index (χ3v) is 5.33. The number of nitrogens with one attached hydrogen (secondary N) is 1. The van der Waals surface area contributed by atoms with Gasteiger partial charge in [-0.2, -0.15) is 4.31 Å². The number of sulfonamides is 1. The standard InChI is InChI=1S/C14H18N4O2S/c1-2-13-16-9-14(17-13)21(19,20)18(12-6-7-12)10-11-5-3-4-8-15-11/h3-5,8-9,12H,2,6-7,10H2,1H3,(H,16,17). The van der Waals surface area contributed by atoms with Crippen LogP contribution in [-0.4, -0.2) is 33.7 Å². The van der Waals surface area contributed by atoms with Crippen LogP contribution in [0, 0.1) is 0 Å². The fraction of sp³-hybridized carbons (Fsp3) is 0.429.